The van der Waals surface area contributed by atoms with E-state index in [9.17, 15) is 14.4 Å². The molecule has 10 heteroatoms. The number of hydrogen-bond acceptors (Lipinski definition) is 7. The lowest BCUT2D eigenvalue weighted by Gasteiger charge is -2.32. The van der Waals surface area contributed by atoms with Gasteiger partial charge in [-0.15, -0.1) is 0 Å². The van der Waals surface area contributed by atoms with Gasteiger partial charge in [-0.25, -0.2) is 0 Å². The van der Waals surface area contributed by atoms with E-state index in [0.717, 1.165) is 32.5 Å². The molecule has 2 aromatic carbocycles. The molecule has 0 spiro atoms. The number of nitrogens with one attached hydrogen (secondary N) is 3. The summed E-state index contributed by atoms with van der Waals surface area (Å²) in [4.78, 5) is 39.9. The molecule has 39 heavy (non-hydrogen) atoms. The number of amides is 3. The van der Waals surface area contributed by atoms with Crippen molar-refractivity contribution in [1.29, 1.82) is 0 Å². The van der Waals surface area contributed by atoms with Crippen LogP contribution in [-0.2, 0) is 16.1 Å². The van der Waals surface area contributed by atoms with Gasteiger partial charge in [0.1, 0.15) is 11.5 Å². The molecule has 3 N–H and O–H groups in total. The third-order valence-electron chi connectivity index (χ3n) is 6.57. The molecule has 1 aliphatic heterocycles. The first-order valence-corrected chi connectivity index (χ1v) is 12.9. The topological polar surface area (TPSA) is 122 Å². The number of furan rings is 1. The second kappa shape index (κ2) is 13.5. The molecule has 0 radical (unpaired) electrons. The van der Waals surface area contributed by atoms with E-state index in [0.29, 0.717) is 22.9 Å². The number of piperidine rings is 1. The van der Waals surface area contributed by atoms with E-state index in [1.54, 1.807) is 24.3 Å². The molecule has 0 bridgehead atoms. The number of rotatable bonds is 11. The first kappa shape index (κ1) is 27.7. The van der Waals surface area contributed by atoms with Crippen molar-refractivity contribution in [2.45, 2.75) is 38.3 Å². The zero-order valence-electron chi connectivity index (χ0n) is 22.2. The summed E-state index contributed by atoms with van der Waals surface area (Å²) in [7, 11) is 2.90. The van der Waals surface area contributed by atoms with E-state index in [1.165, 1.54) is 26.0 Å². The van der Waals surface area contributed by atoms with E-state index in [-0.39, 0.29) is 36.5 Å². The highest BCUT2D eigenvalue weighted by Crippen LogP contribution is 2.36. The lowest BCUT2D eigenvalue weighted by molar-refractivity contribution is -0.125. The molecule has 0 saturated carbocycles. The van der Waals surface area contributed by atoms with Crippen LogP contribution >= 0.6 is 0 Å². The number of hydrogen-bond donors (Lipinski definition) is 3. The second-order valence-electron chi connectivity index (χ2n) is 9.34. The molecule has 10 nitrogen and oxygen atoms in total. The Morgan fingerprint density at radius 3 is 2.13 bits per heavy atom. The molecule has 206 valence electrons. The summed E-state index contributed by atoms with van der Waals surface area (Å²) in [5.41, 5.74) is 2.00. The molecule has 1 aliphatic rings. The molecule has 0 unspecified atom stereocenters. The number of benzene rings is 2. The highest BCUT2D eigenvalue weighted by atomic mass is 16.5. The molecular weight excluding hydrogens is 500 g/mol. The van der Waals surface area contributed by atoms with Crippen molar-refractivity contribution >= 4 is 29.1 Å². The summed E-state index contributed by atoms with van der Waals surface area (Å²) in [6.07, 6.45) is 3.25. The van der Waals surface area contributed by atoms with Crippen LogP contribution in [0.5, 0.6) is 11.5 Å². The lowest BCUT2D eigenvalue weighted by atomic mass is 10.0. The van der Waals surface area contributed by atoms with E-state index >= 15 is 0 Å². The Kier molecular flexibility index (Phi) is 9.58. The fourth-order valence-corrected chi connectivity index (χ4v) is 4.50. The molecule has 1 aromatic heterocycles. The SMILES string of the molecule is COc1cc(NC(=O)c2ccco2)c(OC)cc1NC(=O)CCC(=O)NC1CCN(Cc2ccccc2)CC1. The number of nitrogens with zero attached hydrogens (tertiary/aromatic N) is 1. The van der Waals surface area contributed by atoms with Gasteiger partial charge in [0.2, 0.25) is 11.8 Å². The molecule has 0 aliphatic carbocycles. The predicted molar refractivity (Wildman–Crippen MR) is 147 cm³/mol. The first-order valence-electron chi connectivity index (χ1n) is 12.9. The number of methoxy groups -OCH3 is 2. The number of ether oxygens (including phenoxy) is 2. The fourth-order valence-electron chi connectivity index (χ4n) is 4.50. The van der Waals surface area contributed by atoms with Gasteiger partial charge in [-0.2, -0.15) is 0 Å². The largest absolute Gasteiger partial charge is 0.494 e. The van der Waals surface area contributed by atoms with Crippen molar-refractivity contribution in [2.24, 2.45) is 0 Å². The van der Waals surface area contributed by atoms with Crippen LogP contribution in [0.2, 0.25) is 0 Å². The Morgan fingerprint density at radius 2 is 1.51 bits per heavy atom. The third-order valence-corrected chi connectivity index (χ3v) is 6.57. The van der Waals surface area contributed by atoms with Crippen molar-refractivity contribution in [3.05, 3.63) is 72.2 Å². The number of carbonyl (C=O) groups is 3. The van der Waals surface area contributed by atoms with Gasteiger partial charge in [-0.3, -0.25) is 19.3 Å². The molecule has 3 aromatic rings. The van der Waals surface area contributed by atoms with Crippen LogP contribution in [0.4, 0.5) is 11.4 Å². The Hall–Kier alpha value is -4.31. The van der Waals surface area contributed by atoms with Crippen molar-refractivity contribution in [3.63, 3.8) is 0 Å². The molecule has 0 atom stereocenters. The van der Waals surface area contributed by atoms with E-state index in [1.807, 2.05) is 18.2 Å². The van der Waals surface area contributed by atoms with Crippen molar-refractivity contribution < 1.29 is 28.3 Å². The number of carbonyl (C=O) groups excluding carboxylic acids is 3. The van der Waals surface area contributed by atoms with Crippen LogP contribution in [0.15, 0.2) is 65.3 Å². The predicted octanol–water partition coefficient (Wildman–Crippen LogP) is 4.05. The van der Waals surface area contributed by atoms with Gasteiger partial charge in [0.15, 0.2) is 5.76 Å². The van der Waals surface area contributed by atoms with Crippen LogP contribution in [0, 0.1) is 0 Å². The molecule has 3 amide bonds. The van der Waals surface area contributed by atoms with E-state index < -0.39 is 5.91 Å². The second-order valence-corrected chi connectivity index (χ2v) is 9.34. The normalized spacial score (nSPS) is 13.9. The Labute approximate surface area is 227 Å². The molecular formula is C29H34N4O6. The molecule has 1 fully saturated rings. The van der Waals surface area contributed by atoms with Crippen LogP contribution < -0.4 is 25.4 Å². The summed E-state index contributed by atoms with van der Waals surface area (Å²) >= 11 is 0. The minimum atomic E-state index is -0.454. The number of anilines is 2. The summed E-state index contributed by atoms with van der Waals surface area (Å²) < 4.78 is 15.9. The van der Waals surface area contributed by atoms with Gasteiger partial charge in [0.05, 0.1) is 31.9 Å². The maximum Gasteiger partial charge on any atom is 0.291 e. The summed E-state index contributed by atoms with van der Waals surface area (Å²) in [6.45, 7) is 2.74. The van der Waals surface area contributed by atoms with Gasteiger partial charge < -0.3 is 29.8 Å². The van der Waals surface area contributed by atoms with Gasteiger partial charge >= 0.3 is 0 Å². The van der Waals surface area contributed by atoms with Gasteiger partial charge in [-0.05, 0) is 30.5 Å². The maximum atomic E-state index is 12.6. The Bertz CT molecular complexity index is 1250. The van der Waals surface area contributed by atoms with E-state index in [4.69, 9.17) is 13.9 Å². The zero-order chi connectivity index (χ0) is 27.6. The van der Waals surface area contributed by atoms with Crippen LogP contribution in [-0.4, -0.2) is 56.0 Å². The number of likely N-dealkylation sites (tertiary alicyclic amines) is 1. The molecule has 1 saturated heterocycles. The average Bonchev–Trinajstić information content (AvgIpc) is 3.49. The standard InChI is InChI=1S/C29H34N4O6/c1-37-25-18-23(32-29(36)24-9-6-16-39-24)26(38-2)17-22(25)31-28(35)11-10-27(34)30-21-12-14-33(15-13-21)19-20-7-4-3-5-8-20/h3-9,16-18,21H,10-15,19H2,1-2H3,(H,30,34)(H,31,35)(H,32,36). The monoisotopic (exact) mass is 534 g/mol. The molecule has 4 rings (SSSR count). The highest BCUT2D eigenvalue weighted by molar-refractivity contribution is 6.04. The highest BCUT2D eigenvalue weighted by Gasteiger charge is 2.22. The van der Waals surface area contributed by atoms with Crippen LogP contribution in [0.1, 0.15) is 41.8 Å². The Balaban J connectivity index is 1.24. The first-order chi connectivity index (χ1) is 18.9. The van der Waals surface area contributed by atoms with E-state index in [2.05, 4.69) is 33.0 Å². The lowest BCUT2D eigenvalue weighted by Crippen LogP contribution is -2.44. The third kappa shape index (κ3) is 7.84. The average molecular weight is 535 g/mol. The minimum absolute atomic E-state index is 0.0150. The van der Waals surface area contributed by atoms with Crippen LogP contribution in [0.3, 0.4) is 0 Å². The zero-order valence-corrected chi connectivity index (χ0v) is 22.2. The summed E-state index contributed by atoms with van der Waals surface area (Å²) in [6, 6.07) is 16.7. The fraction of sp³-hybridized carbons (Fsp3) is 0.345. The van der Waals surface area contributed by atoms with Crippen molar-refractivity contribution in [1.82, 2.24) is 10.2 Å². The quantitative estimate of drug-likeness (QED) is 0.339. The van der Waals surface area contributed by atoms with Gasteiger partial charge in [0, 0.05) is 50.7 Å². The summed E-state index contributed by atoms with van der Waals surface area (Å²) in [5.74, 6) is -0.148. The minimum Gasteiger partial charge on any atom is -0.494 e. The summed E-state index contributed by atoms with van der Waals surface area (Å²) in [5, 5.41) is 8.54. The van der Waals surface area contributed by atoms with Gasteiger partial charge in [0.25, 0.3) is 5.91 Å². The maximum absolute atomic E-state index is 12.6. The van der Waals surface area contributed by atoms with Crippen molar-refractivity contribution in [3.8, 4) is 11.5 Å². The Morgan fingerprint density at radius 1 is 0.872 bits per heavy atom. The smallest absolute Gasteiger partial charge is 0.291 e. The van der Waals surface area contributed by atoms with Crippen molar-refractivity contribution in [2.75, 3.05) is 37.9 Å². The van der Waals surface area contributed by atoms with Crippen LogP contribution in [0.25, 0.3) is 0 Å². The van der Waals surface area contributed by atoms with Gasteiger partial charge in [-0.1, -0.05) is 30.3 Å². The molecule has 2 heterocycles.